The van der Waals surface area contributed by atoms with E-state index in [1.165, 1.54) is 11.3 Å². The lowest BCUT2D eigenvalue weighted by Crippen LogP contribution is -2.48. The highest BCUT2D eigenvalue weighted by Gasteiger charge is 2.24. The van der Waals surface area contributed by atoms with Crippen LogP contribution < -0.4 is 15.0 Å². The Bertz CT molecular complexity index is 814. The maximum Gasteiger partial charge on any atom is 0.258 e. The molecule has 6 nitrogen and oxygen atoms in total. The van der Waals surface area contributed by atoms with Gasteiger partial charge in [-0.15, -0.1) is 0 Å². The molecule has 0 radical (unpaired) electrons. The normalized spacial score (nSPS) is 16.1. The number of carbonyl (C=O) groups is 1. The predicted molar refractivity (Wildman–Crippen MR) is 122 cm³/mol. The van der Waals surface area contributed by atoms with Gasteiger partial charge < -0.3 is 19.9 Å². The van der Waals surface area contributed by atoms with Gasteiger partial charge in [0.2, 0.25) is 0 Å². The molecular weight excluding hydrogens is 376 g/mol. The Labute approximate surface area is 180 Å². The zero-order valence-electron chi connectivity index (χ0n) is 18.6. The molecule has 3 rings (SSSR count). The fraction of sp³-hybridized carbons (Fsp3) is 0.458. The molecule has 0 aliphatic carbocycles. The summed E-state index contributed by atoms with van der Waals surface area (Å²) in [5.74, 6) is 0.626. The predicted octanol–water partition coefficient (Wildman–Crippen LogP) is 2.54. The van der Waals surface area contributed by atoms with E-state index < -0.39 is 0 Å². The minimum absolute atomic E-state index is 0.0263. The van der Waals surface area contributed by atoms with Gasteiger partial charge in [-0.25, -0.2) is 0 Å². The zero-order chi connectivity index (χ0) is 21.5. The number of carbonyl (C=O) groups excluding carboxylic acids is 1. The summed E-state index contributed by atoms with van der Waals surface area (Å²) in [6.07, 6.45) is 0. The average Bonchev–Trinajstić information content (AvgIpc) is 2.74. The molecule has 0 saturated carbocycles. The molecule has 1 saturated heterocycles. The standard InChI is InChI=1S/C24H34N4O2/c1-19-6-5-7-22(16-19)30-18-24(29)25-17-23(28-14-12-27(4)13-15-28)20-8-10-21(11-9-20)26(2)3/h5-11,16,23H,12-15,17-18H2,1-4H3,(H,25,29)/t23-/m0/s1. The third-order valence-corrected chi connectivity index (χ3v) is 5.62. The molecule has 1 fully saturated rings. The molecule has 6 heteroatoms. The molecule has 0 aromatic heterocycles. The smallest absolute Gasteiger partial charge is 0.258 e. The van der Waals surface area contributed by atoms with Crippen LogP contribution in [0.2, 0.25) is 0 Å². The van der Waals surface area contributed by atoms with E-state index in [4.69, 9.17) is 4.74 Å². The van der Waals surface area contributed by atoms with Crippen molar-refractivity contribution in [3.8, 4) is 5.75 Å². The summed E-state index contributed by atoms with van der Waals surface area (Å²) < 4.78 is 5.65. The fourth-order valence-corrected chi connectivity index (χ4v) is 3.70. The van der Waals surface area contributed by atoms with Crippen LogP contribution >= 0.6 is 0 Å². The van der Waals surface area contributed by atoms with Gasteiger partial charge in [-0.2, -0.15) is 0 Å². The lowest BCUT2D eigenvalue weighted by molar-refractivity contribution is -0.123. The highest BCUT2D eigenvalue weighted by atomic mass is 16.5. The number of ether oxygens (including phenoxy) is 1. The molecular formula is C24H34N4O2. The van der Waals surface area contributed by atoms with Crippen LogP contribution in [0.1, 0.15) is 17.2 Å². The number of piperazine rings is 1. The van der Waals surface area contributed by atoms with E-state index in [1.807, 2.05) is 45.3 Å². The Kier molecular flexibility index (Phi) is 7.71. The SMILES string of the molecule is Cc1cccc(OCC(=O)NC[C@@H](c2ccc(N(C)C)cc2)N2CCN(C)CC2)c1. The molecule has 1 aliphatic heterocycles. The summed E-state index contributed by atoms with van der Waals surface area (Å²) in [4.78, 5) is 19.4. The number of hydrogen-bond donors (Lipinski definition) is 1. The second-order valence-corrected chi connectivity index (χ2v) is 8.25. The van der Waals surface area contributed by atoms with E-state index >= 15 is 0 Å². The first-order valence-corrected chi connectivity index (χ1v) is 10.6. The minimum Gasteiger partial charge on any atom is -0.484 e. The summed E-state index contributed by atoms with van der Waals surface area (Å²) in [6.45, 7) is 6.67. The van der Waals surface area contributed by atoms with Crippen molar-refractivity contribution >= 4 is 11.6 Å². The topological polar surface area (TPSA) is 48.1 Å². The fourth-order valence-electron chi connectivity index (χ4n) is 3.70. The van der Waals surface area contributed by atoms with Crippen LogP contribution in [0.3, 0.4) is 0 Å². The number of likely N-dealkylation sites (N-methyl/N-ethyl adjacent to an activating group) is 1. The lowest BCUT2D eigenvalue weighted by Gasteiger charge is -2.38. The Balaban J connectivity index is 1.62. The quantitative estimate of drug-likeness (QED) is 0.725. The largest absolute Gasteiger partial charge is 0.484 e. The lowest BCUT2D eigenvalue weighted by atomic mass is 10.0. The number of nitrogens with zero attached hydrogens (tertiary/aromatic N) is 3. The van der Waals surface area contributed by atoms with Crippen molar-refractivity contribution in [1.29, 1.82) is 0 Å². The van der Waals surface area contributed by atoms with Crippen molar-refractivity contribution in [2.24, 2.45) is 0 Å². The van der Waals surface area contributed by atoms with Crippen molar-refractivity contribution in [2.45, 2.75) is 13.0 Å². The number of aryl methyl sites for hydroxylation is 1. The molecule has 30 heavy (non-hydrogen) atoms. The maximum atomic E-state index is 12.4. The van der Waals surface area contributed by atoms with Crippen LogP contribution in [0.15, 0.2) is 48.5 Å². The highest BCUT2D eigenvalue weighted by Crippen LogP contribution is 2.24. The van der Waals surface area contributed by atoms with Crippen LogP contribution in [0.4, 0.5) is 5.69 Å². The van der Waals surface area contributed by atoms with Gasteiger partial charge in [-0.1, -0.05) is 24.3 Å². The van der Waals surface area contributed by atoms with Gasteiger partial charge in [0.05, 0.1) is 6.04 Å². The highest BCUT2D eigenvalue weighted by molar-refractivity contribution is 5.77. The molecule has 162 valence electrons. The van der Waals surface area contributed by atoms with Gasteiger partial charge in [0.15, 0.2) is 6.61 Å². The van der Waals surface area contributed by atoms with E-state index in [0.29, 0.717) is 6.54 Å². The van der Waals surface area contributed by atoms with Gasteiger partial charge in [0.25, 0.3) is 5.91 Å². The van der Waals surface area contributed by atoms with Crippen molar-refractivity contribution < 1.29 is 9.53 Å². The summed E-state index contributed by atoms with van der Waals surface area (Å²) in [5.41, 5.74) is 3.51. The minimum atomic E-state index is -0.0967. The summed E-state index contributed by atoms with van der Waals surface area (Å²) in [7, 11) is 6.24. The van der Waals surface area contributed by atoms with Gasteiger partial charge >= 0.3 is 0 Å². The first-order chi connectivity index (χ1) is 14.4. The Hall–Kier alpha value is -2.57. The van der Waals surface area contributed by atoms with Crippen molar-refractivity contribution in [2.75, 3.05) is 65.4 Å². The van der Waals surface area contributed by atoms with Crippen LogP contribution in [-0.2, 0) is 4.79 Å². The first kappa shape index (κ1) is 22.1. The molecule has 1 amide bonds. The van der Waals surface area contributed by atoms with E-state index in [1.54, 1.807) is 0 Å². The molecule has 0 bridgehead atoms. The number of amides is 1. The summed E-state index contributed by atoms with van der Waals surface area (Å²) >= 11 is 0. The maximum absolute atomic E-state index is 12.4. The van der Waals surface area contributed by atoms with Gasteiger partial charge in [0, 0.05) is 52.5 Å². The Morgan fingerprint density at radius 2 is 1.80 bits per heavy atom. The van der Waals surface area contributed by atoms with Crippen LogP contribution in [0.5, 0.6) is 5.75 Å². The molecule has 2 aromatic carbocycles. The van der Waals surface area contributed by atoms with E-state index in [0.717, 1.165) is 37.5 Å². The van der Waals surface area contributed by atoms with Crippen LogP contribution in [0, 0.1) is 6.92 Å². The van der Waals surface area contributed by atoms with Crippen LogP contribution in [-0.4, -0.2) is 76.2 Å². The average molecular weight is 411 g/mol. The molecule has 0 unspecified atom stereocenters. The van der Waals surface area contributed by atoms with E-state index in [2.05, 4.69) is 51.3 Å². The number of nitrogens with one attached hydrogen (secondary N) is 1. The van der Waals surface area contributed by atoms with E-state index in [9.17, 15) is 4.79 Å². The van der Waals surface area contributed by atoms with Crippen molar-refractivity contribution in [3.05, 3.63) is 59.7 Å². The molecule has 2 aromatic rings. The third-order valence-electron chi connectivity index (χ3n) is 5.62. The van der Waals surface area contributed by atoms with Crippen molar-refractivity contribution in [3.63, 3.8) is 0 Å². The van der Waals surface area contributed by atoms with Crippen LogP contribution in [0.25, 0.3) is 0 Å². The molecule has 0 spiro atoms. The number of anilines is 1. The summed E-state index contributed by atoms with van der Waals surface area (Å²) in [5, 5.41) is 3.08. The number of rotatable bonds is 8. The Morgan fingerprint density at radius 1 is 1.10 bits per heavy atom. The Morgan fingerprint density at radius 3 is 2.43 bits per heavy atom. The third kappa shape index (κ3) is 6.21. The second kappa shape index (κ2) is 10.5. The molecule has 1 heterocycles. The monoisotopic (exact) mass is 410 g/mol. The first-order valence-electron chi connectivity index (χ1n) is 10.6. The number of hydrogen-bond acceptors (Lipinski definition) is 5. The van der Waals surface area contributed by atoms with Gasteiger partial charge in [-0.05, 0) is 49.4 Å². The molecule has 1 atom stereocenters. The number of benzene rings is 2. The second-order valence-electron chi connectivity index (χ2n) is 8.25. The van der Waals surface area contributed by atoms with Gasteiger partial charge in [0.1, 0.15) is 5.75 Å². The molecule has 1 aliphatic rings. The zero-order valence-corrected chi connectivity index (χ0v) is 18.6. The van der Waals surface area contributed by atoms with Crippen molar-refractivity contribution in [1.82, 2.24) is 15.1 Å². The van der Waals surface area contributed by atoms with Gasteiger partial charge in [-0.3, -0.25) is 9.69 Å². The molecule has 1 N–H and O–H groups in total. The summed E-state index contributed by atoms with van der Waals surface area (Å²) in [6, 6.07) is 16.5. The van der Waals surface area contributed by atoms with E-state index in [-0.39, 0.29) is 18.6 Å².